The van der Waals surface area contributed by atoms with Crippen molar-refractivity contribution in [1.29, 1.82) is 0 Å². The molecule has 1 saturated carbocycles. The third kappa shape index (κ3) is 3.71. The highest BCUT2D eigenvalue weighted by Crippen LogP contribution is 2.44. The Kier molecular flexibility index (Phi) is 5.72. The molecule has 6 heteroatoms. The number of nitrogens with zero attached hydrogens (tertiary/aromatic N) is 4. The second kappa shape index (κ2) is 8.66. The smallest absolute Gasteiger partial charge is 0.170 e. The van der Waals surface area contributed by atoms with E-state index in [1.54, 1.807) is 0 Å². The second-order valence-corrected chi connectivity index (χ2v) is 9.57. The van der Waals surface area contributed by atoms with Gasteiger partial charge >= 0.3 is 0 Å². The topological polar surface area (TPSA) is 46.0 Å². The van der Waals surface area contributed by atoms with Crippen molar-refractivity contribution in [3.8, 4) is 5.82 Å². The summed E-state index contributed by atoms with van der Waals surface area (Å²) in [4.78, 5) is 11.9. The Bertz CT molecular complexity index is 1100. The van der Waals surface area contributed by atoms with Crippen LogP contribution in [0.5, 0.6) is 0 Å². The van der Waals surface area contributed by atoms with Gasteiger partial charge in [-0.05, 0) is 81.2 Å². The molecule has 0 radical (unpaired) electrons. The molecule has 1 N–H and O–H groups in total. The van der Waals surface area contributed by atoms with Gasteiger partial charge in [-0.25, -0.2) is 4.98 Å². The van der Waals surface area contributed by atoms with Crippen LogP contribution in [-0.4, -0.2) is 30.6 Å². The van der Waals surface area contributed by atoms with Crippen LogP contribution in [0.3, 0.4) is 0 Å². The summed E-state index contributed by atoms with van der Waals surface area (Å²) < 4.78 is 2.27. The molecule has 3 aromatic rings. The highest BCUT2D eigenvalue weighted by Gasteiger charge is 2.44. The average Bonchev–Trinajstić information content (AvgIpc) is 3.31. The van der Waals surface area contributed by atoms with E-state index in [0.29, 0.717) is 6.04 Å². The van der Waals surface area contributed by atoms with Gasteiger partial charge in [0, 0.05) is 29.8 Å². The fourth-order valence-electron chi connectivity index (χ4n) is 5.48. The zero-order valence-corrected chi connectivity index (χ0v) is 19.9. The van der Waals surface area contributed by atoms with Gasteiger partial charge in [0.1, 0.15) is 5.82 Å². The number of thiocarbonyl (C=S) groups is 1. The first-order chi connectivity index (χ1) is 15.5. The molecule has 1 aliphatic carbocycles. The summed E-state index contributed by atoms with van der Waals surface area (Å²) in [5, 5.41) is 4.50. The number of aromatic nitrogens is 3. The predicted octanol–water partition coefficient (Wildman–Crippen LogP) is 5.50. The van der Waals surface area contributed by atoms with Crippen molar-refractivity contribution in [1.82, 2.24) is 24.8 Å². The minimum absolute atomic E-state index is 0.0329. The Morgan fingerprint density at radius 1 is 1.00 bits per heavy atom. The van der Waals surface area contributed by atoms with E-state index in [2.05, 4.69) is 65.9 Å². The molecule has 4 heterocycles. The first-order valence-corrected chi connectivity index (χ1v) is 12.1. The maximum atomic E-state index is 5.93. The van der Waals surface area contributed by atoms with Crippen molar-refractivity contribution in [3.63, 3.8) is 0 Å². The van der Waals surface area contributed by atoms with Crippen LogP contribution in [0.4, 0.5) is 0 Å². The van der Waals surface area contributed by atoms with E-state index in [1.165, 1.54) is 54.6 Å². The number of hydrogen-bond donors (Lipinski definition) is 1. The van der Waals surface area contributed by atoms with Gasteiger partial charge in [0.15, 0.2) is 5.11 Å². The molecule has 2 atom stereocenters. The lowest BCUT2D eigenvalue weighted by atomic mass is 9.90. The Morgan fingerprint density at radius 3 is 2.50 bits per heavy atom. The maximum absolute atomic E-state index is 5.93. The lowest BCUT2D eigenvalue weighted by molar-refractivity contribution is 0.197. The molecule has 1 saturated heterocycles. The Labute approximate surface area is 195 Å². The number of nitrogens with one attached hydrogen (secondary N) is 1. The first-order valence-electron chi connectivity index (χ1n) is 11.7. The zero-order valence-electron chi connectivity index (χ0n) is 19.1. The van der Waals surface area contributed by atoms with E-state index in [1.807, 2.05) is 18.5 Å². The minimum atomic E-state index is 0.0329. The zero-order chi connectivity index (χ0) is 22.2. The fourth-order valence-corrected chi connectivity index (χ4v) is 5.87. The highest BCUT2D eigenvalue weighted by atomic mass is 32.1. The van der Waals surface area contributed by atoms with Gasteiger partial charge in [0.25, 0.3) is 0 Å². The van der Waals surface area contributed by atoms with Gasteiger partial charge in [-0.2, -0.15) is 0 Å². The van der Waals surface area contributed by atoms with Gasteiger partial charge in [0.2, 0.25) is 0 Å². The molecule has 0 bridgehead atoms. The second-order valence-electron chi connectivity index (χ2n) is 9.18. The molecule has 5 nitrogen and oxygen atoms in total. The maximum Gasteiger partial charge on any atom is 0.170 e. The van der Waals surface area contributed by atoms with Gasteiger partial charge in [-0.1, -0.05) is 31.4 Å². The van der Waals surface area contributed by atoms with E-state index in [-0.39, 0.29) is 12.1 Å². The molecule has 32 heavy (non-hydrogen) atoms. The van der Waals surface area contributed by atoms with Gasteiger partial charge in [-0.15, -0.1) is 0 Å². The number of pyridine rings is 2. The molecular formula is C26H31N5S. The molecule has 0 aromatic carbocycles. The number of aryl methyl sites for hydroxylation is 2. The summed E-state index contributed by atoms with van der Waals surface area (Å²) in [6.07, 6.45) is 10.1. The molecule has 0 unspecified atom stereocenters. The van der Waals surface area contributed by atoms with Crippen molar-refractivity contribution < 1.29 is 0 Å². The lowest BCUT2D eigenvalue weighted by Gasteiger charge is -2.37. The number of rotatable bonds is 4. The van der Waals surface area contributed by atoms with E-state index in [4.69, 9.17) is 22.2 Å². The van der Waals surface area contributed by atoms with E-state index >= 15 is 0 Å². The minimum Gasteiger partial charge on any atom is -0.352 e. The van der Waals surface area contributed by atoms with E-state index in [9.17, 15) is 0 Å². The van der Waals surface area contributed by atoms with Gasteiger partial charge in [0.05, 0.1) is 17.8 Å². The monoisotopic (exact) mass is 445 g/mol. The van der Waals surface area contributed by atoms with Crippen LogP contribution >= 0.6 is 12.2 Å². The molecule has 2 fully saturated rings. The van der Waals surface area contributed by atoms with Crippen LogP contribution in [0.1, 0.15) is 72.4 Å². The van der Waals surface area contributed by atoms with Crippen LogP contribution in [0.2, 0.25) is 0 Å². The van der Waals surface area contributed by atoms with Crippen molar-refractivity contribution in [3.05, 3.63) is 77.0 Å². The summed E-state index contributed by atoms with van der Waals surface area (Å²) in [5.41, 5.74) is 5.92. The van der Waals surface area contributed by atoms with Crippen molar-refractivity contribution in [2.75, 3.05) is 0 Å². The predicted molar refractivity (Wildman–Crippen MR) is 132 cm³/mol. The highest BCUT2D eigenvalue weighted by molar-refractivity contribution is 7.80. The molecule has 3 aromatic heterocycles. The van der Waals surface area contributed by atoms with Crippen molar-refractivity contribution in [2.24, 2.45) is 0 Å². The van der Waals surface area contributed by atoms with Crippen LogP contribution in [-0.2, 0) is 0 Å². The largest absolute Gasteiger partial charge is 0.352 e. The molecule has 0 amide bonds. The Balaban J connectivity index is 1.62. The molecule has 166 valence electrons. The van der Waals surface area contributed by atoms with Crippen LogP contribution < -0.4 is 5.32 Å². The standard InChI is InChI=1S/C26H31N5S/c1-17-12-13-23(28-16-17)30-18(2)15-21(19(30)3)25-24(22-11-7-8-14-27-22)29-26(32)31(25)20-9-5-4-6-10-20/h7-8,11-16,20,24-25H,4-6,9-10H2,1-3H3,(H,29,32)/t24-,25-/m1/s1. The fraction of sp³-hybridized carbons (Fsp3) is 0.423. The SMILES string of the molecule is Cc1ccc(-n2c(C)cc([C@@H]3[C@@H](c4ccccn4)NC(=S)N3C3CCCCC3)c2C)nc1. The summed E-state index contributed by atoms with van der Waals surface area (Å²) in [6, 6.07) is 13.3. The Morgan fingerprint density at radius 2 is 1.81 bits per heavy atom. The Hall–Kier alpha value is -2.73. The van der Waals surface area contributed by atoms with Gasteiger partial charge in [-0.3, -0.25) is 4.98 Å². The molecular weight excluding hydrogens is 414 g/mol. The molecule has 1 aliphatic heterocycles. The summed E-state index contributed by atoms with van der Waals surface area (Å²) in [7, 11) is 0. The molecule has 0 spiro atoms. The van der Waals surface area contributed by atoms with E-state index < -0.39 is 0 Å². The summed E-state index contributed by atoms with van der Waals surface area (Å²) in [5.74, 6) is 0.962. The molecule has 2 aliphatic rings. The molecule has 5 rings (SSSR count). The number of hydrogen-bond acceptors (Lipinski definition) is 3. The van der Waals surface area contributed by atoms with E-state index in [0.717, 1.165) is 16.6 Å². The average molecular weight is 446 g/mol. The van der Waals surface area contributed by atoms with Crippen LogP contribution in [0.15, 0.2) is 48.8 Å². The summed E-state index contributed by atoms with van der Waals surface area (Å²) in [6.45, 7) is 6.45. The normalized spacial score (nSPS) is 21.7. The van der Waals surface area contributed by atoms with Crippen molar-refractivity contribution >= 4 is 17.3 Å². The third-order valence-electron chi connectivity index (χ3n) is 7.02. The quantitative estimate of drug-likeness (QED) is 0.538. The van der Waals surface area contributed by atoms with Crippen molar-refractivity contribution in [2.45, 2.75) is 71.0 Å². The third-order valence-corrected chi connectivity index (χ3v) is 7.35. The lowest BCUT2D eigenvalue weighted by Crippen LogP contribution is -2.40. The van der Waals surface area contributed by atoms with Crippen LogP contribution in [0, 0.1) is 20.8 Å². The summed E-state index contributed by atoms with van der Waals surface area (Å²) >= 11 is 5.93. The van der Waals surface area contributed by atoms with Crippen LogP contribution in [0.25, 0.3) is 5.82 Å². The first kappa shape index (κ1) is 21.1. The van der Waals surface area contributed by atoms with Gasteiger partial charge < -0.3 is 14.8 Å².